The van der Waals surface area contributed by atoms with E-state index in [9.17, 15) is 4.79 Å². The van der Waals surface area contributed by atoms with Gasteiger partial charge in [0, 0.05) is 5.57 Å². The van der Waals surface area contributed by atoms with Crippen LogP contribution in [-0.2, 0) is 4.79 Å². The summed E-state index contributed by atoms with van der Waals surface area (Å²) in [5, 5.41) is 8.68. The Morgan fingerprint density at radius 2 is 1.32 bits per heavy atom. The van der Waals surface area contributed by atoms with Crippen LogP contribution in [-0.4, -0.2) is 38.4 Å². The standard InChI is InChI=1S/C16H30O2.Pb.2H/c1-3-4-5-6-7-8-9-10-11-12-13-14-15(2)16(17)18;;;/h14H,3-13H2,1-2H3,(H,17,18);;;. The summed E-state index contributed by atoms with van der Waals surface area (Å²) >= 11 is 0. The van der Waals surface area contributed by atoms with Crippen LogP contribution in [0.15, 0.2) is 11.6 Å². The van der Waals surface area contributed by atoms with Crippen LogP contribution in [0.5, 0.6) is 0 Å². The topological polar surface area (TPSA) is 37.3 Å². The molecule has 0 atom stereocenters. The first-order valence-corrected chi connectivity index (χ1v) is 7.58. The number of allylic oxidation sites excluding steroid dienone is 1. The fourth-order valence-corrected chi connectivity index (χ4v) is 2.04. The van der Waals surface area contributed by atoms with Gasteiger partial charge in [-0.2, -0.15) is 0 Å². The SMILES string of the molecule is CCCCCCCCCCCCC=C(C)C(=O)O.[PbH2]. The number of hydrogen-bond acceptors (Lipinski definition) is 1. The summed E-state index contributed by atoms with van der Waals surface area (Å²) in [5.74, 6) is -0.790. The Morgan fingerprint density at radius 3 is 1.74 bits per heavy atom. The van der Waals surface area contributed by atoms with Gasteiger partial charge in [0.25, 0.3) is 0 Å². The molecule has 2 nitrogen and oxygen atoms in total. The number of carboxylic acids is 1. The van der Waals surface area contributed by atoms with Crippen LogP contribution in [0.25, 0.3) is 0 Å². The normalized spacial score (nSPS) is 11.2. The van der Waals surface area contributed by atoms with E-state index in [1.165, 1.54) is 57.8 Å². The summed E-state index contributed by atoms with van der Waals surface area (Å²) in [6.07, 6.45) is 16.0. The molecule has 0 amide bonds. The van der Waals surface area contributed by atoms with Gasteiger partial charge in [-0.1, -0.05) is 70.8 Å². The average Bonchev–Trinajstić information content (AvgIpc) is 2.35. The van der Waals surface area contributed by atoms with E-state index in [1.807, 2.05) is 6.08 Å². The van der Waals surface area contributed by atoms with Crippen molar-refractivity contribution in [1.82, 2.24) is 0 Å². The van der Waals surface area contributed by atoms with Crippen molar-refractivity contribution in [3.05, 3.63) is 11.6 Å². The number of carbonyl (C=O) groups is 1. The Labute approximate surface area is 139 Å². The van der Waals surface area contributed by atoms with Gasteiger partial charge in [0.05, 0.1) is 0 Å². The van der Waals surface area contributed by atoms with Crippen molar-refractivity contribution < 1.29 is 9.90 Å². The van der Waals surface area contributed by atoms with Gasteiger partial charge >= 0.3 is 33.3 Å². The molecule has 0 aromatic carbocycles. The predicted molar refractivity (Wildman–Crippen MR) is 86.4 cm³/mol. The molecule has 0 bridgehead atoms. The van der Waals surface area contributed by atoms with E-state index in [4.69, 9.17) is 5.11 Å². The molecule has 1 N–H and O–H groups in total. The molecule has 2 radical (unpaired) electrons. The van der Waals surface area contributed by atoms with E-state index in [2.05, 4.69) is 6.92 Å². The first-order chi connectivity index (χ1) is 8.68. The molecule has 0 spiro atoms. The minimum absolute atomic E-state index is 0. The van der Waals surface area contributed by atoms with Gasteiger partial charge in [0.2, 0.25) is 0 Å². The van der Waals surface area contributed by atoms with Crippen LogP contribution in [0.1, 0.15) is 84.5 Å². The molecule has 0 unspecified atom stereocenters. The van der Waals surface area contributed by atoms with E-state index >= 15 is 0 Å². The second-order valence-corrected chi connectivity index (χ2v) is 5.16. The first kappa shape index (κ1) is 21.4. The van der Waals surface area contributed by atoms with Crippen molar-refractivity contribution in [2.45, 2.75) is 84.5 Å². The Balaban J connectivity index is 0. The molecular formula is C16H32O2Pb. The number of hydrogen-bond donors (Lipinski definition) is 1. The van der Waals surface area contributed by atoms with E-state index in [-0.39, 0.29) is 27.3 Å². The fraction of sp³-hybridized carbons (Fsp3) is 0.812. The third kappa shape index (κ3) is 16.1. The molecule has 0 saturated carbocycles. The maximum atomic E-state index is 10.5. The molecule has 0 aromatic rings. The summed E-state index contributed by atoms with van der Waals surface area (Å²) in [7, 11) is 0. The van der Waals surface area contributed by atoms with Crippen molar-refractivity contribution in [2.75, 3.05) is 0 Å². The third-order valence-electron chi connectivity index (χ3n) is 3.35. The molecule has 0 aliphatic rings. The first-order valence-electron chi connectivity index (χ1n) is 7.58. The fourth-order valence-electron chi connectivity index (χ4n) is 2.04. The van der Waals surface area contributed by atoms with E-state index in [1.54, 1.807) is 6.92 Å². The van der Waals surface area contributed by atoms with Crippen LogP contribution >= 0.6 is 0 Å². The van der Waals surface area contributed by atoms with Gasteiger partial charge in [-0.05, 0) is 19.8 Å². The van der Waals surface area contributed by atoms with E-state index < -0.39 is 5.97 Å². The van der Waals surface area contributed by atoms with E-state index in [0.717, 1.165) is 12.8 Å². The van der Waals surface area contributed by atoms with E-state index in [0.29, 0.717) is 5.57 Å². The number of unbranched alkanes of at least 4 members (excludes halogenated alkanes) is 10. The zero-order chi connectivity index (χ0) is 13.6. The predicted octanol–water partition coefficient (Wildman–Crippen LogP) is 4.41. The monoisotopic (exact) mass is 464 g/mol. The molecule has 0 aliphatic heterocycles. The van der Waals surface area contributed by atoms with Crippen LogP contribution in [0.4, 0.5) is 0 Å². The summed E-state index contributed by atoms with van der Waals surface area (Å²) < 4.78 is 0. The molecular weight excluding hydrogens is 431 g/mol. The van der Waals surface area contributed by atoms with Crippen molar-refractivity contribution >= 4 is 33.3 Å². The molecule has 0 heterocycles. The molecule has 3 heteroatoms. The minimum atomic E-state index is -0.790. The number of aliphatic carboxylic acids is 1. The van der Waals surface area contributed by atoms with Crippen LogP contribution in [0, 0.1) is 0 Å². The van der Waals surface area contributed by atoms with Gasteiger partial charge in [-0.25, -0.2) is 4.79 Å². The van der Waals surface area contributed by atoms with Gasteiger partial charge < -0.3 is 5.11 Å². The Morgan fingerprint density at radius 1 is 0.895 bits per heavy atom. The second-order valence-electron chi connectivity index (χ2n) is 5.16. The van der Waals surface area contributed by atoms with Crippen molar-refractivity contribution in [1.29, 1.82) is 0 Å². The molecule has 112 valence electrons. The van der Waals surface area contributed by atoms with Crippen molar-refractivity contribution in [3.63, 3.8) is 0 Å². The molecule has 19 heavy (non-hydrogen) atoms. The maximum absolute atomic E-state index is 10.5. The van der Waals surface area contributed by atoms with Crippen molar-refractivity contribution in [2.24, 2.45) is 0 Å². The molecule has 0 saturated heterocycles. The van der Waals surface area contributed by atoms with Crippen LogP contribution in [0.2, 0.25) is 0 Å². The summed E-state index contributed by atoms with van der Waals surface area (Å²) in [6.45, 7) is 3.92. The average molecular weight is 464 g/mol. The Hall–Kier alpha value is 0.132. The van der Waals surface area contributed by atoms with Crippen LogP contribution in [0.3, 0.4) is 0 Å². The third-order valence-corrected chi connectivity index (χ3v) is 3.35. The number of carboxylic acid groups (broad SMARTS) is 1. The van der Waals surface area contributed by atoms with Gasteiger partial charge in [-0.3, -0.25) is 0 Å². The zero-order valence-electron chi connectivity index (χ0n) is 12.9. The second kappa shape index (κ2) is 16.2. The summed E-state index contributed by atoms with van der Waals surface area (Å²) in [5.41, 5.74) is 0.478. The van der Waals surface area contributed by atoms with Gasteiger partial charge in [-0.15, -0.1) is 0 Å². The Bertz CT molecular complexity index is 237. The molecule has 0 aromatic heterocycles. The summed E-state index contributed by atoms with van der Waals surface area (Å²) in [6, 6.07) is 0. The van der Waals surface area contributed by atoms with Crippen molar-refractivity contribution in [3.8, 4) is 0 Å². The molecule has 0 aliphatic carbocycles. The van der Waals surface area contributed by atoms with Gasteiger partial charge in [0.1, 0.15) is 0 Å². The summed E-state index contributed by atoms with van der Waals surface area (Å²) in [4.78, 5) is 10.5. The quantitative estimate of drug-likeness (QED) is 0.264. The molecule has 0 rings (SSSR count). The Kier molecular flexibility index (Phi) is 18.3. The van der Waals surface area contributed by atoms with Gasteiger partial charge in [0.15, 0.2) is 0 Å². The molecule has 0 fully saturated rings. The number of rotatable bonds is 12. The van der Waals surface area contributed by atoms with Crippen LogP contribution < -0.4 is 0 Å². The zero-order valence-corrected chi connectivity index (χ0v) is 18.4.